The highest BCUT2D eigenvalue weighted by molar-refractivity contribution is 5.73. The Morgan fingerprint density at radius 2 is 1.54 bits per heavy atom. The first kappa shape index (κ1) is 17.8. The van der Waals surface area contributed by atoms with Crippen LogP contribution in [-0.4, -0.2) is 18.3 Å². The smallest absolute Gasteiger partial charge is 0.406 e. The van der Waals surface area contributed by atoms with Gasteiger partial charge in [0.15, 0.2) is 0 Å². The predicted molar refractivity (Wildman–Crippen MR) is 85.5 cm³/mol. The Bertz CT molecular complexity index is 679. The topological polar surface area (TPSA) is 38.3 Å². The second-order valence-electron chi connectivity index (χ2n) is 5.57. The van der Waals surface area contributed by atoms with Crippen molar-refractivity contribution in [3.05, 3.63) is 54.1 Å². The summed E-state index contributed by atoms with van der Waals surface area (Å²) in [7, 11) is 0. The van der Waals surface area contributed by atoms with Gasteiger partial charge >= 0.3 is 6.36 Å². The molecule has 1 amide bonds. The molecule has 0 radical (unpaired) electrons. The molecule has 128 valence electrons. The molecular weight excluding hydrogens is 319 g/mol. The van der Waals surface area contributed by atoms with Gasteiger partial charge in [-0.15, -0.1) is 13.2 Å². The van der Waals surface area contributed by atoms with Crippen molar-refractivity contribution in [2.45, 2.75) is 32.7 Å². The maximum Gasteiger partial charge on any atom is 0.573 e. The first-order chi connectivity index (χ1) is 11.2. The van der Waals surface area contributed by atoms with Crippen LogP contribution in [0.4, 0.5) is 13.2 Å². The van der Waals surface area contributed by atoms with Crippen LogP contribution in [0.15, 0.2) is 48.5 Å². The monoisotopic (exact) mass is 337 g/mol. The van der Waals surface area contributed by atoms with Crippen molar-refractivity contribution in [3.8, 4) is 16.9 Å². The molecule has 0 aliphatic rings. The van der Waals surface area contributed by atoms with Crippen molar-refractivity contribution < 1.29 is 22.7 Å². The lowest BCUT2D eigenvalue weighted by atomic mass is 10.0. The van der Waals surface area contributed by atoms with Crippen molar-refractivity contribution in [2.75, 3.05) is 0 Å². The van der Waals surface area contributed by atoms with Crippen molar-refractivity contribution in [2.24, 2.45) is 0 Å². The standard InChI is InChI=1S/C18H18F3NO2/c1-12(22-13(2)23)11-14-3-5-15(6-4-14)16-7-9-17(10-8-16)24-18(19,20)21/h3-10,12H,11H2,1-2H3,(H,22,23). The van der Waals surface area contributed by atoms with E-state index in [1.54, 1.807) is 12.1 Å². The molecule has 0 aliphatic carbocycles. The number of hydrogen-bond acceptors (Lipinski definition) is 2. The molecule has 24 heavy (non-hydrogen) atoms. The lowest BCUT2D eigenvalue weighted by Gasteiger charge is -2.13. The summed E-state index contributed by atoms with van der Waals surface area (Å²) >= 11 is 0. The number of carbonyl (C=O) groups excluding carboxylic acids is 1. The third-order valence-corrected chi connectivity index (χ3v) is 3.37. The number of alkyl halides is 3. The summed E-state index contributed by atoms with van der Waals surface area (Å²) in [5, 5.41) is 2.82. The maximum absolute atomic E-state index is 12.1. The first-order valence-electron chi connectivity index (χ1n) is 7.45. The van der Waals surface area contributed by atoms with E-state index in [9.17, 15) is 18.0 Å². The summed E-state index contributed by atoms with van der Waals surface area (Å²) in [5.41, 5.74) is 2.76. The molecule has 2 aromatic rings. The zero-order valence-electron chi connectivity index (χ0n) is 13.4. The lowest BCUT2D eigenvalue weighted by molar-refractivity contribution is -0.274. The van der Waals surface area contributed by atoms with E-state index in [4.69, 9.17) is 0 Å². The van der Waals surface area contributed by atoms with Gasteiger partial charge in [0, 0.05) is 13.0 Å². The van der Waals surface area contributed by atoms with Gasteiger partial charge in [-0.3, -0.25) is 4.79 Å². The summed E-state index contributed by atoms with van der Waals surface area (Å²) in [6, 6.07) is 13.4. The molecule has 6 heteroatoms. The maximum atomic E-state index is 12.1. The molecule has 2 aromatic carbocycles. The number of benzene rings is 2. The first-order valence-corrected chi connectivity index (χ1v) is 7.45. The van der Waals surface area contributed by atoms with E-state index in [1.165, 1.54) is 19.1 Å². The fourth-order valence-corrected chi connectivity index (χ4v) is 2.43. The third kappa shape index (κ3) is 5.61. The zero-order valence-corrected chi connectivity index (χ0v) is 13.4. The van der Waals surface area contributed by atoms with Crippen LogP contribution in [0.3, 0.4) is 0 Å². The normalized spacial score (nSPS) is 12.5. The number of carbonyl (C=O) groups is 1. The molecule has 1 N–H and O–H groups in total. The van der Waals surface area contributed by atoms with Crippen LogP contribution in [0.5, 0.6) is 5.75 Å². The molecule has 0 spiro atoms. The highest BCUT2D eigenvalue weighted by atomic mass is 19.4. The highest BCUT2D eigenvalue weighted by Crippen LogP contribution is 2.26. The van der Waals surface area contributed by atoms with Gasteiger partial charge < -0.3 is 10.1 Å². The van der Waals surface area contributed by atoms with E-state index in [0.29, 0.717) is 6.42 Å². The van der Waals surface area contributed by atoms with Gasteiger partial charge in [-0.25, -0.2) is 0 Å². The molecular formula is C18H18F3NO2. The summed E-state index contributed by atoms with van der Waals surface area (Å²) < 4.78 is 40.3. The summed E-state index contributed by atoms with van der Waals surface area (Å²) in [5.74, 6) is -0.313. The number of hydrogen-bond donors (Lipinski definition) is 1. The van der Waals surface area contributed by atoms with Gasteiger partial charge in [0.1, 0.15) is 5.75 Å². The predicted octanol–water partition coefficient (Wildman–Crippen LogP) is 4.32. The van der Waals surface area contributed by atoms with Crippen LogP contribution in [0.1, 0.15) is 19.4 Å². The molecule has 1 unspecified atom stereocenters. The molecule has 0 aliphatic heterocycles. The van der Waals surface area contributed by atoms with Crippen LogP contribution in [0, 0.1) is 0 Å². The van der Waals surface area contributed by atoms with Gasteiger partial charge in [-0.1, -0.05) is 36.4 Å². The SMILES string of the molecule is CC(=O)NC(C)Cc1ccc(-c2ccc(OC(F)(F)F)cc2)cc1. The quantitative estimate of drug-likeness (QED) is 0.882. The fourth-order valence-electron chi connectivity index (χ4n) is 2.43. The Hall–Kier alpha value is -2.50. The average molecular weight is 337 g/mol. The second-order valence-corrected chi connectivity index (χ2v) is 5.57. The van der Waals surface area contributed by atoms with E-state index in [0.717, 1.165) is 16.7 Å². The Labute approximate surface area is 138 Å². The molecule has 1 atom stereocenters. The molecule has 0 saturated carbocycles. The fraction of sp³-hybridized carbons (Fsp3) is 0.278. The summed E-state index contributed by atoms with van der Waals surface area (Å²) in [4.78, 5) is 11.0. The number of halogens is 3. The van der Waals surface area contributed by atoms with Gasteiger partial charge in [0.05, 0.1) is 0 Å². The number of amides is 1. The van der Waals surface area contributed by atoms with Crippen LogP contribution < -0.4 is 10.1 Å². The largest absolute Gasteiger partial charge is 0.573 e. The minimum Gasteiger partial charge on any atom is -0.406 e. The molecule has 2 rings (SSSR count). The molecule has 0 fully saturated rings. The van der Waals surface area contributed by atoms with E-state index in [1.807, 2.05) is 31.2 Å². The van der Waals surface area contributed by atoms with Crippen molar-refractivity contribution >= 4 is 5.91 Å². The minimum atomic E-state index is -4.69. The number of rotatable bonds is 5. The van der Waals surface area contributed by atoms with Gasteiger partial charge in [0.25, 0.3) is 0 Å². The van der Waals surface area contributed by atoms with Crippen LogP contribution >= 0.6 is 0 Å². The Kier molecular flexibility index (Phi) is 5.49. The third-order valence-electron chi connectivity index (χ3n) is 3.37. The Morgan fingerprint density at radius 3 is 2.00 bits per heavy atom. The highest BCUT2D eigenvalue weighted by Gasteiger charge is 2.30. The van der Waals surface area contributed by atoms with Crippen molar-refractivity contribution in [1.82, 2.24) is 5.32 Å². The van der Waals surface area contributed by atoms with Gasteiger partial charge in [-0.05, 0) is 42.2 Å². The van der Waals surface area contributed by atoms with Gasteiger partial charge in [0.2, 0.25) is 5.91 Å². The van der Waals surface area contributed by atoms with Crippen molar-refractivity contribution in [3.63, 3.8) is 0 Å². The molecule has 0 aromatic heterocycles. The molecule has 0 heterocycles. The summed E-state index contributed by atoms with van der Waals surface area (Å²) in [6.07, 6.45) is -3.98. The van der Waals surface area contributed by atoms with E-state index in [-0.39, 0.29) is 17.7 Å². The van der Waals surface area contributed by atoms with Crippen LogP contribution in [0.2, 0.25) is 0 Å². The molecule has 3 nitrogen and oxygen atoms in total. The van der Waals surface area contributed by atoms with Crippen molar-refractivity contribution in [1.29, 1.82) is 0 Å². The molecule has 0 saturated heterocycles. The summed E-state index contributed by atoms with van der Waals surface area (Å²) in [6.45, 7) is 3.40. The van der Waals surface area contributed by atoms with Crippen LogP contribution in [-0.2, 0) is 11.2 Å². The zero-order chi connectivity index (χ0) is 17.7. The Morgan fingerprint density at radius 1 is 1.04 bits per heavy atom. The number of ether oxygens (including phenoxy) is 1. The number of nitrogens with one attached hydrogen (secondary N) is 1. The van der Waals surface area contributed by atoms with E-state index < -0.39 is 6.36 Å². The second kappa shape index (κ2) is 7.38. The Balaban J connectivity index is 2.04. The van der Waals surface area contributed by atoms with Crippen LogP contribution in [0.25, 0.3) is 11.1 Å². The van der Waals surface area contributed by atoms with E-state index >= 15 is 0 Å². The van der Waals surface area contributed by atoms with Gasteiger partial charge in [-0.2, -0.15) is 0 Å². The lowest BCUT2D eigenvalue weighted by Crippen LogP contribution is -2.31. The molecule has 0 bridgehead atoms. The van der Waals surface area contributed by atoms with E-state index in [2.05, 4.69) is 10.1 Å². The minimum absolute atomic E-state index is 0.0344. The average Bonchev–Trinajstić information content (AvgIpc) is 2.46.